The van der Waals surface area contributed by atoms with Crippen LogP contribution in [-0.2, 0) is 4.79 Å². The van der Waals surface area contributed by atoms with Gasteiger partial charge >= 0.3 is 0 Å². The maximum atomic E-state index is 12.2. The van der Waals surface area contributed by atoms with Crippen molar-refractivity contribution in [2.75, 3.05) is 19.6 Å². The van der Waals surface area contributed by atoms with Gasteiger partial charge in [-0.05, 0) is 38.6 Å². The zero-order valence-electron chi connectivity index (χ0n) is 12.4. The first-order valence-electron chi connectivity index (χ1n) is 7.75. The van der Waals surface area contributed by atoms with Crippen LogP contribution >= 0.6 is 0 Å². The molecule has 1 saturated heterocycles. The van der Waals surface area contributed by atoms with Crippen molar-refractivity contribution in [2.45, 2.75) is 57.0 Å². The van der Waals surface area contributed by atoms with Crippen LogP contribution in [0.15, 0.2) is 0 Å². The van der Waals surface area contributed by atoms with Crippen LogP contribution in [0.3, 0.4) is 0 Å². The smallest absolute Gasteiger partial charge is 0.235 e. The summed E-state index contributed by atoms with van der Waals surface area (Å²) in [6, 6.07) is 2.74. The molecular formula is C15H26N4O. The number of nitriles is 1. The number of amides is 1. The van der Waals surface area contributed by atoms with E-state index in [2.05, 4.69) is 23.2 Å². The number of nitrogens with two attached hydrogens (primary N) is 1. The highest BCUT2D eigenvalue weighted by atomic mass is 16.2. The van der Waals surface area contributed by atoms with Crippen molar-refractivity contribution in [3.05, 3.63) is 0 Å². The van der Waals surface area contributed by atoms with Crippen LogP contribution in [-0.4, -0.2) is 42.0 Å². The molecule has 1 aliphatic carbocycles. The third-order valence-corrected chi connectivity index (χ3v) is 4.77. The summed E-state index contributed by atoms with van der Waals surface area (Å²) in [6.45, 7) is 4.11. The van der Waals surface area contributed by atoms with E-state index in [1.165, 1.54) is 6.42 Å². The van der Waals surface area contributed by atoms with Gasteiger partial charge in [0.2, 0.25) is 5.91 Å². The molecule has 0 aromatic carbocycles. The molecule has 1 amide bonds. The Kier molecular flexibility index (Phi) is 5.00. The highest BCUT2D eigenvalue weighted by Crippen LogP contribution is 2.28. The second kappa shape index (κ2) is 6.55. The molecule has 20 heavy (non-hydrogen) atoms. The van der Waals surface area contributed by atoms with Gasteiger partial charge in [0, 0.05) is 12.6 Å². The molecule has 2 fully saturated rings. The second-order valence-corrected chi connectivity index (χ2v) is 6.42. The molecule has 0 aromatic rings. The number of hydrogen-bond acceptors (Lipinski definition) is 4. The molecule has 0 radical (unpaired) electrons. The van der Waals surface area contributed by atoms with Crippen LogP contribution in [0.1, 0.15) is 45.4 Å². The van der Waals surface area contributed by atoms with Crippen molar-refractivity contribution < 1.29 is 4.79 Å². The Morgan fingerprint density at radius 3 is 2.70 bits per heavy atom. The average molecular weight is 278 g/mol. The lowest BCUT2D eigenvalue weighted by molar-refractivity contribution is -0.124. The molecule has 2 rings (SSSR count). The summed E-state index contributed by atoms with van der Waals surface area (Å²) in [4.78, 5) is 14.4. The Labute approximate surface area is 121 Å². The van der Waals surface area contributed by atoms with E-state index in [1.807, 2.05) is 0 Å². The van der Waals surface area contributed by atoms with E-state index >= 15 is 0 Å². The summed E-state index contributed by atoms with van der Waals surface area (Å²) in [6.07, 6.45) is 5.87. The third kappa shape index (κ3) is 3.50. The minimum Gasteiger partial charge on any atom is -0.337 e. The third-order valence-electron chi connectivity index (χ3n) is 4.77. The summed E-state index contributed by atoms with van der Waals surface area (Å²) >= 11 is 0. The second-order valence-electron chi connectivity index (χ2n) is 6.42. The molecule has 5 nitrogen and oxygen atoms in total. The number of carbonyl (C=O) groups is 1. The van der Waals surface area contributed by atoms with E-state index in [1.54, 1.807) is 0 Å². The van der Waals surface area contributed by atoms with E-state index in [0.29, 0.717) is 25.0 Å². The van der Waals surface area contributed by atoms with Gasteiger partial charge in [0.1, 0.15) is 5.54 Å². The van der Waals surface area contributed by atoms with Crippen LogP contribution in [0.25, 0.3) is 0 Å². The van der Waals surface area contributed by atoms with Crippen molar-refractivity contribution in [1.29, 1.82) is 5.26 Å². The standard InChI is InChI=1S/C15H26N4O/c1-12-7-13(8-16)9-19(12)10-14(20)18-15(11-17)5-3-2-4-6-15/h12-13H,2-10,16H2,1H3,(H,18,20). The molecule has 0 bridgehead atoms. The molecule has 1 aliphatic heterocycles. The number of carbonyl (C=O) groups excluding carboxylic acids is 1. The summed E-state index contributed by atoms with van der Waals surface area (Å²) in [5, 5.41) is 12.4. The predicted octanol–water partition coefficient (Wildman–Crippen LogP) is 0.998. The number of hydrogen-bond donors (Lipinski definition) is 2. The maximum Gasteiger partial charge on any atom is 0.235 e. The minimum atomic E-state index is -0.619. The number of nitrogens with zero attached hydrogens (tertiary/aromatic N) is 2. The van der Waals surface area contributed by atoms with Gasteiger partial charge in [-0.3, -0.25) is 9.69 Å². The first kappa shape index (κ1) is 15.3. The van der Waals surface area contributed by atoms with Crippen LogP contribution in [0.5, 0.6) is 0 Å². The molecule has 0 aromatic heterocycles. The first-order valence-corrected chi connectivity index (χ1v) is 7.75. The molecule has 1 heterocycles. The van der Waals surface area contributed by atoms with Crippen LogP contribution in [0.2, 0.25) is 0 Å². The van der Waals surface area contributed by atoms with E-state index < -0.39 is 5.54 Å². The summed E-state index contributed by atoms with van der Waals surface area (Å²) in [5.74, 6) is 0.482. The lowest BCUT2D eigenvalue weighted by Crippen LogP contribution is -2.52. The molecule has 112 valence electrons. The van der Waals surface area contributed by atoms with Crippen LogP contribution in [0, 0.1) is 17.2 Å². The largest absolute Gasteiger partial charge is 0.337 e. The van der Waals surface area contributed by atoms with Gasteiger partial charge in [-0.1, -0.05) is 19.3 Å². The van der Waals surface area contributed by atoms with E-state index in [9.17, 15) is 10.1 Å². The highest BCUT2D eigenvalue weighted by Gasteiger charge is 2.35. The van der Waals surface area contributed by atoms with Crippen molar-refractivity contribution in [1.82, 2.24) is 10.2 Å². The maximum absolute atomic E-state index is 12.2. The van der Waals surface area contributed by atoms with Gasteiger partial charge in [0.25, 0.3) is 0 Å². The monoisotopic (exact) mass is 278 g/mol. The molecule has 1 saturated carbocycles. The molecule has 5 heteroatoms. The van der Waals surface area contributed by atoms with E-state index in [4.69, 9.17) is 5.73 Å². The molecule has 3 N–H and O–H groups in total. The Bertz CT molecular complexity index is 384. The summed E-state index contributed by atoms with van der Waals surface area (Å²) in [7, 11) is 0. The normalized spacial score (nSPS) is 29.9. The fourth-order valence-electron chi connectivity index (χ4n) is 3.52. The zero-order valence-corrected chi connectivity index (χ0v) is 12.4. The molecule has 2 aliphatic rings. The number of nitrogens with one attached hydrogen (secondary N) is 1. The molecule has 2 atom stereocenters. The summed E-state index contributed by atoms with van der Waals surface area (Å²) in [5.41, 5.74) is 5.09. The Morgan fingerprint density at radius 2 is 2.15 bits per heavy atom. The highest BCUT2D eigenvalue weighted by molar-refractivity contribution is 5.79. The van der Waals surface area contributed by atoms with Gasteiger partial charge in [-0.25, -0.2) is 0 Å². The Hall–Kier alpha value is -1.12. The first-order chi connectivity index (χ1) is 9.58. The van der Waals surface area contributed by atoms with E-state index in [0.717, 1.165) is 38.6 Å². The number of likely N-dealkylation sites (tertiary alicyclic amines) is 1. The van der Waals surface area contributed by atoms with E-state index in [-0.39, 0.29) is 5.91 Å². The van der Waals surface area contributed by atoms with Gasteiger partial charge in [-0.15, -0.1) is 0 Å². The van der Waals surface area contributed by atoms with Gasteiger partial charge in [0.05, 0.1) is 12.6 Å². The van der Waals surface area contributed by atoms with Gasteiger partial charge < -0.3 is 11.1 Å². The topological polar surface area (TPSA) is 82.2 Å². The zero-order chi connectivity index (χ0) is 14.6. The predicted molar refractivity (Wildman–Crippen MR) is 77.8 cm³/mol. The quantitative estimate of drug-likeness (QED) is 0.803. The fourth-order valence-corrected chi connectivity index (χ4v) is 3.52. The van der Waals surface area contributed by atoms with Crippen LogP contribution < -0.4 is 11.1 Å². The van der Waals surface area contributed by atoms with Crippen molar-refractivity contribution in [3.63, 3.8) is 0 Å². The van der Waals surface area contributed by atoms with Crippen LogP contribution in [0.4, 0.5) is 0 Å². The van der Waals surface area contributed by atoms with Crippen molar-refractivity contribution >= 4 is 5.91 Å². The Morgan fingerprint density at radius 1 is 1.45 bits per heavy atom. The molecular weight excluding hydrogens is 252 g/mol. The number of rotatable bonds is 4. The molecule has 2 unspecified atom stereocenters. The average Bonchev–Trinajstić information content (AvgIpc) is 2.80. The SMILES string of the molecule is CC1CC(CN)CN1CC(=O)NC1(C#N)CCCCC1. The fraction of sp³-hybridized carbons (Fsp3) is 0.867. The van der Waals surface area contributed by atoms with Crippen molar-refractivity contribution in [2.24, 2.45) is 11.7 Å². The van der Waals surface area contributed by atoms with Crippen molar-refractivity contribution in [3.8, 4) is 6.07 Å². The van der Waals surface area contributed by atoms with Gasteiger partial charge in [0.15, 0.2) is 0 Å². The lowest BCUT2D eigenvalue weighted by Gasteiger charge is -2.32. The van der Waals surface area contributed by atoms with Gasteiger partial charge in [-0.2, -0.15) is 5.26 Å². The summed E-state index contributed by atoms with van der Waals surface area (Å²) < 4.78 is 0. The molecule has 0 spiro atoms. The Balaban J connectivity index is 1.87. The minimum absolute atomic E-state index is 0.0158. The lowest BCUT2D eigenvalue weighted by atomic mass is 9.83.